The van der Waals surface area contributed by atoms with E-state index in [2.05, 4.69) is 10.6 Å². The zero-order chi connectivity index (χ0) is 8.65. The third kappa shape index (κ3) is 5.52. The second kappa shape index (κ2) is 6.40. The molecule has 1 rings (SSSR count). The van der Waals surface area contributed by atoms with Crippen molar-refractivity contribution in [3.8, 4) is 0 Å². The van der Waals surface area contributed by atoms with Gasteiger partial charge in [-0.2, -0.15) is 0 Å². The van der Waals surface area contributed by atoms with Gasteiger partial charge >= 0.3 is 0 Å². The Morgan fingerprint density at radius 2 is 2.00 bits per heavy atom. The van der Waals surface area contributed by atoms with Crippen LogP contribution in [0, 0.1) is 0 Å². The quantitative estimate of drug-likeness (QED) is 0.358. The molecule has 1 aliphatic rings. The van der Waals surface area contributed by atoms with Crippen molar-refractivity contribution in [2.75, 3.05) is 26.2 Å². The molecule has 1 unspecified atom stereocenters. The zero-order valence-electron chi connectivity index (χ0n) is 7.81. The minimum absolute atomic E-state index is 0.827. The first-order chi connectivity index (χ1) is 5.93. The smallest absolute Gasteiger partial charge is 0.0193 e. The third-order valence-electron chi connectivity index (χ3n) is 2.21. The molecule has 0 bridgehead atoms. The third-order valence-corrected chi connectivity index (χ3v) is 2.21. The van der Waals surface area contributed by atoms with E-state index in [1.807, 2.05) is 0 Å². The summed E-state index contributed by atoms with van der Waals surface area (Å²) in [5, 5.41) is 6.72. The summed E-state index contributed by atoms with van der Waals surface area (Å²) in [7, 11) is 0. The molecule has 12 heavy (non-hydrogen) atoms. The lowest BCUT2D eigenvalue weighted by atomic mass is 10.2. The molecule has 4 N–H and O–H groups in total. The highest BCUT2D eigenvalue weighted by Gasteiger charge is 2.18. The molecule has 0 aromatic heterocycles. The van der Waals surface area contributed by atoms with Gasteiger partial charge in [0, 0.05) is 12.6 Å². The Balaban J connectivity index is 1.65. The summed E-state index contributed by atoms with van der Waals surface area (Å²) in [5.41, 5.74) is 5.38. The van der Waals surface area contributed by atoms with E-state index in [0.29, 0.717) is 0 Å². The van der Waals surface area contributed by atoms with Crippen molar-refractivity contribution in [1.82, 2.24) is 10.6 Å². The van der Waals surface area contributed by atoms with Crippen LogP contribution in [0.25, 0.3) is 0 Å². The van der Waals surface area contributed by atoms with E-state index in [4.69, 9.17) is 5.73 Å². The van der Waals surface area contributed by atoms with Crippen LogP contribution in [-0.4, -0.2) is 32.2 Å². The topological polar surface area (TPSA) is 60.0 Å². The zero-order valence-corrected chi connectivity index (χ0v) is 7.81. The molecule has 0 spiro atoms. The number of rotatable bonds is 8. The minimum atomic E-state index is 0.827. The molecule has 3 heteroatoms. The van der Waals surface area contributed by atoms with E-state index in [1.54, 1.807) is 0 Å². The number of unbranched alkanes of at least 4 members (excludes halogenated alkanes) is 1. The average molecular weight is 171 g/mol. The van der Waals surface area contributed by atoms with Crippen LogP contribution >= 0.6 is 0 Å². The summed E-state index contributed by atoms with van der Waals surface area (Å²) >= 11 is 0. The summed E-state index contributed by atoms with van der Waals surface area (Å²) in [6.45, 7) is 4.37. The molecule has 0 aromatic rings. The van der Waals surface area contributed by atoms with Crippen LogP contribution in [0.4, 0.5) is 0 Å². The molecule has 1 fully saturated rings. The van der Waals surface area contributed by atoms with Crippen molar-refractivity contribution in [3.63, 3.8) is 0 Å². The number of hydrogen-bond donors (Lipinski definition) is 3. The summed E-state index contributed by atoms with van der Waals surface area (Å²) in [6, 6.07) is 0.843. The van der Waals surface area contributed by atoms with Crippen molar-refractivity contribution in [3.05, 3.63) is 0 Å². The molecule has 0 aliphatic carbocycles. The van der Waals surface area contributed by atoms with Gasteiger partial charge in [0.2, 0.25) is 0 Å². The second-order valence-corrected chi connectivity index (χ2v) is 3.49. The van der Waals surface area contributed by atoms with Crippen LogP contribution in [-0.2, 0) is 0 Å². The molecule has 1 heterocycles. The maximum absolute atomic E-state index is 5.38. The van der Waals surface area contributed by atoms with Gasteiger partial charge in [0.25, 0.3) is 0 Å². The lowest BCUT2D eigenvalue weighted by Crippen LogP contribution is -2.18. The fourth-order valence-electron chi connectivity index (χ4n) is 1.28. The fraction of sp³-hybridized carbons (Fsp3) is 1.00. The van der Waals surface area contributed by atoms with Gasteiger partial charge in [0.15, 0.2) is 0 Å². The first kappa shape index (κ1) is 9.96. The van der Waals surface area contributed by atoms with Gasteiger partial charge in [-0.1, -0.05) is 0 Å². The fourth-order valence-corrected chi connectivity index (χ4v) is 1.28. The van der Waals surface area contributed by atoms with Crippen LogP contribution in [0.15, 0.2) is 0 Å². The highest BCUT2D eigenvalue weighted by molar-refractivity contribution is 4.82. The van der Waals surface area contributed by atoms with Crippen LogP contribution < -0.4 is 16.4 Å². The van der Waals surface area contributed by atoms with Crippen LogP contribution in [0.1, 0.15) is 25.7 Å². The van der Waals surface area contributed by atoms with Gasteiger partial charge in [0.05, 0.1) is 0 Å². The SMILES string of the molecule is NCCCCNCCCC1CN1. The average Bonchev–Trinajstić information content (AvgIpc) is 2.87. The van der Waals surface area contributed by atoms with Crippen LogP contribution in [0.3, 0.4) is 0 Å². The Labute approximate surface area is 75.1 Å². The maximum atomic E-state index is 5.38. The first-order valence-electron chi connectivity index (χ1n) is 5.07. The van der Waals surface area contributed by atoms with Gasteiger partial charge in [-0.15, -0.1) is 0 Å². The van der Waals surface area contributed by atoms with E-state index in [9.17, 15) is 0 Å². The highest BCUT2D eigenvalue weighted by Crippen LogP contribution is 2.04. The summed E-state index contributed by atoms with van der Waals surface area (Å²) < 4.78 is 0. The van der Waals surface area contributed by atoms with Crippen molar-refractivity contribution < 1.29 is 0 Å². The summed E-state index contributed by atoms with van der Waals surface area (Å²) in [4.78, 5) is 0. The minimum Gasteiger partial charge on any atom is -0.330 e. The number of hydrogen-bond acceptors (Lipinski definition) is 3. The molecular formula is C9H21N3. The van der Waals surface area contributed by atoms with E-state index >= 15 is 0 Å². The first-order valence-corrected chi connectivity index (χ1v) is 5.07. The summed E-state index contributed by atoms with van der Waals surface area (Å²) in [6.07, 6.45) is 5.01. The number of nitrogens with two attached hydrogens (primary N) is 1. The standard InChI is InChI=1S/C9H21N3/c10-5-1-2-6-11-7-3-4-9-8-12-9/h9,11-12H,1-8,10H2. The van der Waals surface area contributed by atoms with Crippen molar-refractivity contribution in [1.29, 1.82) is 0 Å². The van der Waals surface area contributed by atoms with Crippen molar-refractivity contribution in [2.24, 2.45) is 5.73 Å². The molecule has 72 valence electrons. The predicted molar refractivity (Wildman–Crippen MR) is 52.2 cm³/mol. The van der Waals surface area contributed by atoms with E-state index in [-0.39, 0.29) is 0 Å². The van der Waals surface area contributed by atoms with E-state index < -0.39 is 0 Å². The summed E-state index contributed by atoms with van der Waals surface area (Å²) in [5.74, 6) is 0. The van der Waals surface area contributed by atoms with Crippen LogP contribution in [0.5, 0.6) is 0 Å². The molecule has 1 atom stereocenters. The maximum Gasteiger partial charge on any atom is 0.0193 e. The van der Waals surface area contributed by atoms with Crippen molar-refractivity contribution >= 4 is 0 Å². The molecule has 0 saturated carbocycles. The molecule has 1 aliphatic heterocycles. The van der Waals surface area contributed by atoms with Gasteiger partial charge in [0.1, 0.15) is 0 Å². The van der Waals surface area contributed by atoms with Gasteiger partial charge in [-0.3, -0.25) is 0 Å². The molecule has 0 radical (unpaired) electrons. The number of nitrogens with one attached hydrogen (secondary N) is 2. The van der Waals surface area contributed by atoms with Gasteiger partial charge in [-0.25, -0.2) is 0 Å². The Bertz CT molecular complexity index is 102. The Morgan fingerprint density at radius 3 is 2.67 bits per heavy atom. The van der Waals surface area contributed by atoms with Gasteiger partial charge in [-0.05, 0) is 45.3 Å². The molecular weight excluding hydrogens is 150 g/mol. The Hall–Kier alpha value is -0.120. The molecule has 3 nitrogen and oxygen atoms in total. The largest absolute Gasteiger partial charge is 0.330 e. The lowest BCUT2D eigenvalue weighted by Gasteiger charge is -2.02. The predicted octanol–water partition coefficient (Wildman–Crippen LogP) is 0.0669. The van der Waals surface area contributed by atoms with Gasteiger partial charge < -0.3 is 16.4 Å². The lowest BCUT2D eigenvalue weighted by molar-refractivity contribution is 0.590. The Kier molecular flexibility index (Phi) is 5.32. The second-order valence-electron chi connectivity index (χ2n) is 3.49. The van der Waals surface area contributed by atoms with Crippen LogP contribution in [0.2, 0.25) is 0 Å². The van der Waals surface area contributed by atoms with Crippen molar-refractivity contribution in [2.45, 2.75) is 31.7 Å². The van der Waals surface area contributed by atoms with E-state index in [0.717, 1.165) is 25.6 Å². The van der Waals surface area contributed by atoms with E-state index in [1.165, 1.54) is 32.4 Å². The Morgan fingerprint density at radius 1 is 1.25 bits per heavy atom. The molecule has 0 aromatic carbocycles. The normalized spacial score (nSPS) is 21.2. The highest BCUT2D eigenvalue weighted by atomic mass is 15.1. The monoisotopic (exact) mass is 171 g/mol. The molecule has 0 amide bonds. The molecule has 1 saturated heterocycles.